The van der Waals surface area contributed by atoms with E-state index in [1.165, 1.54) is 24.1 Å². The Hall–Kier alpha value is -1.22. The van der Waals surface area contributed by atoms with E-state index in [1.807, 2.05) is 0 Å². The standard InChI is InChI=1S/C16H26N2O/c1-12(2)13-8-9-15(19-5)14(11-13)18-10-6-7-16(18)17(3)4/h8-9,11-12,16H,6-7,10H2,1-5H3. The van der Waals surface area contributed by atoms with Crippen molar-refractivity contribution >= 4 is 5.69 Å². The molecule has 3 nitrogen and oxygen atoms in total. The Balaban J connectivity index is 2.38. The second-order valence-corrected chi connectivity index (χ2v) is 5.87. The Morgan fingerprint density at radius 1 is 1.32 bits per heavy atom. The van der Waals surface area contributed by atoms with E-state index in [2.05, 4.69) is 55.9 Å². The van der Waals surface area contributed by atoms with Crippen molar-refractivity contribution in [3.8, 4) is 5.75 Å². The normalized spacial score (nSPS) is 19.5. The van der Waals surface area contributed by atoms with Crippen LogP contribution >= 0.6 is 0 Å². The number of methoxy groups -OCH3 is 1. The van der Waals surface area contributed by atoms with Crippen LogP contribution in [0.15, 0.2) is 18.2 Å². The van der Waals surface area contributed by atoms with Gasteiger partial charge in [-0.15, -0.1) is 0 Å². The van der Waals surface area contributed by atoms with Gasteiger partial charge in [-0.3, -0.25) is 4.90 Å². The molecule has 0 aliphatic carbocycles. The van der Waals surface area contributed by atoms with Gasteiger partial charge in [0.15, 0.2) is 0 Å². The van der Waals surface area contributed by atoms with E-state index in [0.717, 1.165) is 12.3 Å². The maximum atomic E-state index is 5.56. The Morgan fingerprint density at radius 3 is 2.63 bits per heavy atom. The molecule has 0 N–H and O–H groups in total. The SMILES string of the molecule is COc1ccc(C(C)C)cc1N1CCCC1N(C)C. The van der Waals surface area contributed by atoms with Crippen LogP contribution in [-0.2, 0) is 0 Å². The minimum Gasteiger partial charge on any atom is -0.495 e. The van der Waals surface area contributed by atoms with Crippen LogP contribution in [0, 0.1) is 0 Å². The topological polar surface area (TPSA) is 15.7 Å². The first kappa shape index (κ1) is 14.2. The number of nitrogens with zero attached hydrogens (tertiary/aromatic N) is 2. The van der Waals surface area contributed by atoms with Crippen molar-refractivity contribution in [3.05, 3.63) is 23.8 Å². The second kappa shape index (κ2) is 5.83. The average molecular weight is 262 g/mol. The van der Waals surface area contributed by atoms with E-state index in [-0.39, 0.29) is 0 Å². The minimum atomic E-state index is 0.483. The molecule has 1 fully saturated rings. The van der Waals surface area contributed by atoms with Crippen LogP contribution in [-0.4, -0.2) is 38.8 Å². The molecule has 0 bridgehead atoms. The predicted octanol–water partition coefficient (Wildman–Crippen LogP) is 3.31. The van der Waals surface area contributed by atoms with Gasteiger partial charge in [0.1, 0.15) is 5.75 Å². The predicted molar refractivity (Wildman–Crippen MR) is 81.1 cm³/mol. The first-order valence-corrected chi connectivity index (χ1v) is 7.15. The van der Waals surface area contributed by atoms with Crippen LogP contribution in [0.1, 0.15) is 38.2 Å². The summed E-state index contributed by atoms with van der Waals surface area (Å²) < 4.78 is 5.56. The van der Waals surface area contributed by atoms with Crippen LogP contribution in [0.25, 0.3) is 0 Å². The zero-order valence-electron chi connectivity index (χ0n) is 12.8. The van der Waals surface area contributed by atoms with Gasteiger partial charge >= 0.3 is 0 Å². The zero-order chi connectivity index (χ0) is 14.0. The van der Waals surface area contributed by atoms with Gasteiger partial charge in [-0.25, -0.2) is 0 Å². The van der Waals surface area contributed by atoms with Crippen LogP contribution in [0.5, 0.6) is 5.75 Å². The van der Waals surface area contributed by atoms with Gasteiger partial charge in [0, 0.05) is 6.54 Å². The van der Waals surface area contributed by atoms with Crippen molar-refractivity contribution in [2.24, 2.45) is 0 Å². The molecule has 0 aromatic heterocycles. The van der Waals surface area contributed by atoms with E-state index in [9.17, 15) is 0 Å². The number of ether oxygens (including phenoxy) is 1. The molecule has 3 heteroatoms. The van der Waals surface area contributed by atoms with Crippen molar-refractivity contribution in [2.75, 3.05) is 32.6 Å². The van der Waals surface area contributed by atoms with E-state index in [0.29, 0.717) is 12.1 Å². The summed E-state index contributed by atoms with van der Waals surface area (Å²) in [5, 5.41) is 0. The van der Waals surface area contributed by atoms with Crippen LogP contribution in [0.4, 0.5) is 5.69 Å². The molecule has 2 rings (SSSR count). The summed E-state index contributed by atoms with van der Waals surface area (Å²) in [4.78, 5) is 4.78. The molecule has 0 amide bonds. The molecular weight excluding hydrogens is 236 g/mol. The summed E-state index contributed by atoms with van der Waals surface area (Å²) in [6.07, 6.45) is 2.95. The monoisotopic (exact) mass is 262 g/mol. The van der Waals surface area contributed by atoms with Gasteiger partial charge in [0.2, 0.25) is 0 Å². The highest BCUT2D eigenvalue weighted by atomic mass is 16.5. The summed E-state index contributed by atoms with van der Waals surface area (Å²) in [7, 11) is 6.07. The number of anilines is 1. The summed E-state index contributed by atoms with van der Waals surface area (Å²) in [6, 6.07) is 6.58. The number of benzene rings is 1. The average Bonchev–Trinajstić information content (AvgIpc) is 2.87. The smallest absolute Gasteiger partial charge is 0.142 e. The van der Waals surface area contributed by atoms with E-state index < -0.39 is 0 Å². The van der Waals surface area contributed by atoms with E-state index >= 15 is 0 Å². The minimum absolute atomic E-state index is 0.483. The summed E-state index contributed by atoms with van der Waals surface area (Å²) >= 11 is 0. The largest absolute Gasteiger partial charge is 0.495 e. The molecule has 0 saturated carbocycles. The highest BCUT2D eigenvalue weighted by molar-refractivity contribution is 5.61. The second-order valence-electron chi connectivity index (χ2n) is 5.87. The van der Waals surface area contributed by atoms with Crippen molar-refractivity contribution < 1.29 is 4.74 Å². The molecule has 1 aliphatic rings. The third kappa shape index (κ3) is 2.86. The molecular formula is C16H26N2O. The lowest BCUT2D eigenvalue weighted by Crippen LogP contribution is -2.40. The third-order valence-electron chi connectivity index (χ3n) is 4.00. The molecule has 1 atom stereocenters. The fourth-order valence-corrected chi connectivity index (χ4v) is 2.86. The fourth-order valence-electron chi connectivity index (χ4n) is 2.86. The molecule has 0 radical (unpaired) electrons. The number of hydrogen-bond donors (Lipinski definition) is 0. The van der Waals surface area contributed by atoms with Gasteiger partial charge in [-0.1, -0.05) is 19.9 Å². The Bertz CT molecular complexity index is 429. The van der Waals surface area contributed by atoms with E-state index in [4.69, 9.17) is 4.74 Å². The Labute approximate surface area is 117 Å². The Kier molecular flexibility index (Phi) is 4.35. The van der Waals surface area contributed by atoms with Crippen LogP contribution in [0.2, 0.25) is 0 Å². The van der Waals surface area contributed by atoms with Crippen LogP contribution in [0.3, 0.4) is 0 Å². The summed E-state index contributed by atoms with van der Waals surface area (Å²) in [5.74, 6) is 1.53. The summed E-state index contributed by atoms with van der Waals surface area (Å²) in [6.45, 7) is 5.58. The van der Waals surface area contributed by atoms with Gasteiger partial charge in [-0.2, -0.15) is 0 Å². The Morgan fingerprint density at radius 2 is 2.05 bits per heavy atom. The first-order chi connectivity index (χ1) is 9.04. The maximum Gasteiger partial charge on any atom is 0.142 e. The molecule has 1 aliphatic heterocycles. The number of hydrogen-bond acceptors (Lipinski definition) is 3. The maximum absolute atomic E-state index is 5.56. The van der Waals surface area contributed by atoms with Gasteiger partial charge in [0.25, 0.3) is 0 Å². The zero-order valence-corrected chi connectivity index (χ0v) is 12.8. The van der Waals surface area contributed by atoms with Crippen molar-refractivity contribution in [3.63, 3.8) is 0 Å². The lowest BCUT2D eigenvalue weighted by molar-refractivity contribution is 0.299. The van der Waals surface area contributed by atoms with Gasteiger partial charge in [-0.05, 0) is 50.6 Å². The third-order valence-corrected chi connectivity index (χ3v) is 4.00. The first-order valence-electron chi connectivity index (χ1n) is 7.15. The lowest BCUT2D eigenvalue weighted by Gasteiger charge is -2.33. The van der Waals surface area contributed by atoms with Crippen molar-refractivity contribution in [2.45, 2.75) is 38.8 Å². The van der Waals surface area contributed by atoms with E-state index in [1.54, 1.807) is 7.11 Å². The molecule has 1 heterocycles. The molecule has 0 spiro atoms. The molecule has 1 unspecified atom stereocenters. The van der Waals surface area contributed by atoms with Crippen LogP contribution < -0.4 is 9.64 Å². The van der Waals surface area contributed by atoms with Crippen molar-refractivity contribution in [1.82, 2.24) is 4.90 Å². The number of rotatable bonds is 4. The highest BCUT2D eigenvalue weighted by Gasteiger charge is 2.28. The molecule has 1 aromatic carbocycles. The van der Waals surface area contributed by atoms with Gasteiger partial charge < -0.3 is 9.64 Å². The fraction of sp³-hybridized carbons (Fsp3) is 0.625. The summed E-state index contributed by atoms with van der Waals surface area (Å²) in [5.41, 5.74) is 2.62. The quantitative estimate of drug-likeness (QED) is 0.828. The molecule has 106 valence electrons. The molecule has 1 aromatic rings. The van der Waals surface area contributed by atoms with Gasteiger partial charge in [0.05, 0.1) is 19.0 Å². The molecule has 19 heavy (non-hydrogen) atoms. The highest BCUT2D eigenvalue weighted by Crippen LogP contribution is 2.36. The molecule has 1 saturated heterocycles. The lowest BCUT2D eigenvalue weighted by atomic mass is 10.0. The van der Waals surface area contributed by atoms with Crippen molar-refractivity contribution in [1.29, 1.82) is 0 Å².